The van der Waals surface area contributed by atoms with E-state index in [1.807, 2.05) is 0 Å². The molecule has 0 heterocycles. The number of hydrogen-bond acceptors (Lipinski definition) is 6. The third-order valence-electron chi connectivity index (χ3n) is 17.8. The molecule has 0 saturated heterocycles. The highest BCUT2D eigenvalue weighted by molar-refractivity contribution is 5.71. The Hall–Kier alpha value is -1.85. The van der Waals surface area contributed by atoms with Gasteiger partial charge < -0.3 is 14.2 Å². The first-order chi connectivity index (χ1) is 41.0. The lowest BCUT2D eigenvalue weighted by molar-refractivity contribution is -0.167. The van der Waals surface area contributed by atoms with Crippen LogP contribution in [0, 0.1) is 0 Å². The van der Waals surface area contributed by atoms with Crippen LogP contribution in [-0.4, -0.2) is 37.2 Å². The van der Waals surface area contributed by atoms with Crippen LogP contribution in [-0.2, 0) is 28.6 Å². The van der Waals surface area contributed by atoms with Gasteiger partial charge >= 0.3 is 17.9 Å². The van der Waals surface area contributed by atoms with Gasteiger partial charge in [-0.25, -0.2) is 0 Å². The number of carbonyl (C=O) groups is 3. The predicted octanol–water partition coefficient (Wildman–Crippen LogP) is 26.3. The van der Waals surface area contributed by atoms with Gasteiger partial charge in [-0.05, 0) is 44.9 Å². The molecule has 0 saturated carbocycles. The molecule has 0 aromatic carbocycles. The Morgan fingerprint density at radius 1 is 0.229 bits per heavy atom. The standard InChI is InChI=1S/C77H148O6/c1-4-7-10-13-16-19-22-25-28-30-32-34-35-36-37-38-39-40-41-43-44-46-49-52-55-58-61-64-67-70-76(79)82-73-74(72-81-75(78)69-66-63-60-57-54-51-48-27-24-21-18-15-12-9-6-3)83-77(80)71-68-65-62-59-56-53-50-47-45-42-33-31-29-26-23-20-17-14-11-8-5-2/h27,48,74H,4-26,28-47,49-73H2,1-3H3/b48-27-. The van der Waals surface area contributed by atoms with E-state index in [2.05, 4.69) is 32.9 Å². The van der Waals surface area contributed by atoms with Crippen LogP contribution in [0.3, 0.4) is 0 Å². The minimum absolute atomic E-state index is 0.0653. The van der Waals surface area contributed by atoms with E-state index in [4.69, 9.17) is 14.2 Å². The van der Waals surface area contributed by atoms with Crippen molar-refractivity contribution in [1.82, 2.24) is 0 Å². The molecular weight excluding hydrogens is 1020 g/mol. The summed E-state index contributed by atoms with van der Waals surface area (Å²) >= 11 is 0. The molecular formula is C77H148O6. The minimum Gasteiger partial charge on any atom is -0.462 e. The third-order valence-corrected chi connectivity index (χ3v) is 17.8. The van der Waals surface area contributed by atoms with Crippen molar-refractivity contribution < 1.29 is 28.6 Å². The largest absolute Gasteiger partial charge is 0.462 e. The molecule has 6 nitrogen and oxygen atoms in total. The number of esters is 3. The van der Waals surface area contributed by atoms with Crippen LogP contribution in [0.2, 0.25) is 0 Å². The zero-order valence-electron chi connectivity index (χ0n) is 56.8. The highest BCUT2D eigenvalue weighted by atomic mass is 16.6. The van der Waals surface area contributed by atoms with E-state index < -0.39 is 6.10 Å². The van der Waals surface area contributed by atoms with Crippen molar-refractivity contribution in [2.24, 2.45) is 0 Å². The Labute approximate surface area is 520 Å². The lowest BCUT2D eigenvalue weighted by Gasteiger charge is -2.18. The van der Waals surface area contributed by atoms with Crippen LogP contribution < -0.4 is 0 Å². The zero-order chi connectivity index (χ0) is 59.9. The highest BCUT2D eigenvalue weighted by Crippen LogP contribution is 2.20. The molecule has 0 rings (SSSR count). The topological polar surface area (TPSA) is 78.9 Å². The SMILES string of the molecule is CCCCCCCC/C=C\CCCCCCCC(=O)OCC(COC(=O)CCCCCCCCCCCCCCCCCCCCCCCCCCCCCCC)OC(=O)CCCCCCCCCCCCCCCCCCCCCCC. The first kappa shape index (κ1) is 81.2. The van der Waals surface area contributed by atoms with E-state index in [0.717, 1.165) is 64.2 Å². The molecule has 0 spiro atoms. The molecule has 6 heteroatoms. The Bertz CT molecular complexity index is 1300. The third kappa shape index (κ3) is 70.8. The highest BCUT2D eigenvalue weighted by Gasteiger charge is 2.20. The predicted molar refractivity (Wildman–Crippen MR) is 363 cm³/mol. The molecule has 0 aliphatic carbocycles. The molecule has 0 N–H and O–H groups in total. The van der Waals surface area contributed by atoms with Gasteiger partial charge in [-0.15, -0.1) is 0 Å². The normalized spacial score (nSPS) is 12.0. The van der Waals surface area contributed by atoms with E-state index in [-0.39, 0.29) is 31.1 Å². The van der Waals surface area contributed by atoms with Gasteiger partial charge in [0.15, 0.2) is 6.10 Å². The summed E-state index contributed by atoms with van der Waals surface area (Å²) < 4.78 is 17.0. The van der Waals surface area contributed by atoms with Gasteiger partial charge in [0.05, 0.1) is 0 Å². The second kappa shape index (κ2) is 72.6. The van der Waals surface area contributed by atoms with Crippen molar-refractivity contribution in [1.29, 1.82) is 0 Å². The van der Waals surface area contributed by atoms with Gasteiger partial charge in [0.2, 0.25) is 0 Å². The Morgan fingerprint density at radius 2 is 0.398 bits per heavy atom. The van der Waals surface area contributed by atoms with E-state index in [1.54, 1.807) is 0 Å². The van der Waals surface area contributed by atoms with Gasteiger partial charge in [-0.3, -0.25) is 14.4 Å². The molecule has 492 valence electrons. The summed E-state index contributed by atoms with van der Waals surface area (Å²) in [5.41, 5.74) is 0. The van der Waals surface area contributed by atoms with Gasteiger partial charge in [0, 0.05) is 19.3 Å². The number of rotatable bonds is 72. The molecule has 0 aromatic heterocycles. The Kier molecular flexibility index (Phi) is 71.0. The Morgan fingerprint density at radius 3 is 0.602 bits per heavy atom. The number of carbonyl (C=O) groups excluding carboxylic acids is 3. The monoisotopic (exact) mass is 1170 g/mol. The molecule has 1 atom stereocenters. The summed E-state index contributed by atoms with van der Waals surface area (Å²) in [5.74, 6) is -0.835. The lowest BCUT2D eigenvalue weighted by Crippen LogP contribution is -2.30. The zero-order valence-corrected chi connectivity index (χ0v) is 56.8. The number of allylic oxidation sites excluding steroid dienone is 2. The van der Waals surface area contributed by atoms with Crippen molar-refractivity contribution >= 4 is 17.9 Å². The Balaban J connectivity index is 4.18. The maximum absolute atomic E-state index is 13.0. The van der Waals surface area contributed by atoms with E-state index in [9.17, 15) is 14.4 Å². The quantitative estimate of drug-likeness (QED) is 0.0261. The van der Waals surface area contributed by atoms with Crippen molar-refractivity contribution in [3.8, 4) is 0 Å². The maximum Gasteiger partial charge on any atom is 0.306 e. The number of ether oxygens (including phenoxy) is 3. The van der Waals surface area contributed by atoms with Gasteiger partial charge in [-0.2, -0.15) is 0 Å². The van der Waals surface area contributed by atoms with Crippen LogP contribution in [0.25, 0.3) is 0 Å². The van der Waals surface area contributed by atoms with Crippen molar-refractivity contribution in [2.75, 3.05) is 13.2 Å². The van der Waals surface area contributed by atoms with E-state index in [1.165, 1.54) is 340 Å². The molecule has 83 heavy (non-hydrogen) atoms. The van der Waals surface area contributed by atoms with Crippen molar-refractivity contribution in [3.63, 3.8) is 0 Å². The first-order valence-corrected chi connectivity index (χ1v) is 38.2. The molecule has 0 radical (unpaired) electrons. The van der Waals surface area contributed by atoms with E-state index in [0.29, 0.717) is 19.3 Å². The molecule has 0 aliphatic rings. The van der Waals surface area contributed by atoms with E-state index >= 15 is 0 Å². The lowest BCUT2D eigenvalue weighted by atomic mass is 10.0. The average molecular weight is 1170 g/mol. The summed E-state index contributed by atoms with van der Waals surface area (Å²) in [4.78, 5) is 38.5. The molecule has 0 amide bonds. The fourth-order valence-corrected chi connectivity index (χ4v) is 12.0. The number of unbranched alkanes of at least 4 members (excludes halogenated alkanes) is 59. The fraction of sp³-hybridized carbons (Fsp3) is 0.935. The first-order valence-electron chi connectivity index (χ1n) is 38.2. The fourth-order valence-electron chi connectivity index (χ4n) is 12.0. The molecule has 0 bridgehead atoms. The number of hydrogen-bond donors (Lipinski definition) is 0. The van der Waals surface area contributed by atoms with Gasteiger partial charge in [-0.1, -0.05) is 392 Å². The summed E-state index contributed by atoms with van der Waals surface area (Å²) in [6.45, 7) is 6.73. The smallest absolute Gasteiger partial charge is 0.306 e. The van der Waals surface area contributed by atoms with Crippen molar-refractivity contribution in [3.05, 3.63) is 12.2 Å². The summed E-state index contributed by atoms with van der Waals surface area (Å²) in [5, 5.41) is 0. The molecule has 0 fully saturated rings. The van der Waals surface area contributed by atoms with Gasteiger partial charge in [0.25, 0.3) is 0 Å². The second-order valence-electron chi connectivity index (χ2n) is 26.3. The van der Waals surface area contributed by atoms with Gasteiger partial charge in [0.1, 0.15) is 13.2 Å². The van der Waals surface area contributed by atoms with Crippen LogP contribution in [0.15, 0.2) is 12.2 Å². The van der Waals surface area contributed by atoms with Crippen LogP contribution in [0.5, 0.6) is 0 Å². The summed E-state index contributed by atoms with van der Waals surface area (Å²) in [6.07, 6.45) is 88.4. The minimum atomic E-state index is -0.770. The second-order valence-corrected chi connectivity index (χ2v) is 26.3. The average Bonchev–Trinajstić information content (AvgIpc) is 3.49. The van der Waals surface area contributed by atoms with Crippen molar-refractivity contribution in [2.45, 2.75) is 451 Å². The molecule has 0 aromatic rings. The summed E-state index contributed by atoms with van der Waals surface area (Å²) in [6, 6.07) is 0. The molecule has 1 unspecified atom stereocenters. The maximum atomic E-state index is 13.0. The van der Waals surface area contributed by atoms with Crippen LogP contribution in [0.4, 0.5) is 0 Å². The van der Waals surface area contributed by atoms with Crippen LogP contribution in [0.1, 0.15) is 445 Å². The summed E-state index contributed by atoms with van der Waals surface area (Å²) in [7, 11) is 0. The van der Waals surface area contributed by atoms with Crippen LogP contribution >= 0.6 is 0 Å². The molecule has 0 aliphatic heterocycles.